The molecule has 1 atom stereocenters. The second-order valence-electron chi connectivity index (χ2n) is 4.47. The molecule has 0 heterocycles. The van der Waals surface area contributed by atoms with Crippen molar-refractivity contribution in [1.82, 2.24) is 5.32 Å². The first-order valence-electron chi connectivity index (χ1n) is 6.22. The Morgan fingerprint density at radius 2 is 2.06 bits per heavy atom. The van der Waals surface area contributed by atoms with Gasteiger partial charge in [-0.2, -0.15) is 0 Å². The van der Waals surface area contributed by atoms with E-state index in [1.165, 1.54) is 6.08 Å². The van der Waals surface area contributed by atoms with Crippen molar-refractivity contribution < 1.29 is 9.53 Å². The Labute approximate surface area is 109 Å². The fourth-order valence-corrected chi connectivity index (χ4v) is 1.63. The number of carbonyl (C=O) groups excluding carboxylic acids is 1. The van der Waals surface area contributed by atoms with E-state index in [1.807, 2.05) is 52.0 Å². The molecule has 1 rings (SSSR count). The maximum atomic E-state index is 11.5. The first-order valence-corrected chi connectivity index (χ1v) is 6.22. The van der Waals surface area contributed by atoms with Crippen molar-refractivity contribution in [3.05, 3.63) is 42.0 Å². The molecular formula is C15H21NO2. The van der Waals surface area contributed by atoms with E-state index in [9.17, 15) is 4.79 Å². The maximum absolute atomic E-state index is 11.5. The number of ether oxygens (including phenoxy) is 1. The van der Waals surface area contributed by atoms with Gasteiger partial charge in [0.2, 0.25) is 5.91 Å². The summed E-state index contributed by atoms with van der Waals surface area (Å²) in [5.41, 5.74) is 1.03. The fraction of sp³-hybridized carbons (Fsp3) is 0.400. The van der Waals surface area contributed by atoms with Gasteiger partial charge in [0.05, 0.1) is 12.1 Å². The van der Waals surface area contributed by atoms with Crippen LogP contribution in [0, 0.1) is 0 Å². The van der Waals surface area contributed by atoms with Crippen LogP contribution < -0.4 is 10.1 Å². The van der Waals surface area contributed by atoms with E-state index in [1.54, 1.807) is 6.08 Å². The Kier molecular flexibility index (Phi) is 5.43. The summed E-state index contributed by atoms with van der Waals surface area (Å²) >= 11 is 0. The smallest absolute Gasteiger partial charge is 0.244 e. The lowest BCUT2D eigenvalue weighted by Crippen LogP contribution is -2.24. The Balaban J connectivity index is 2.73. The molecule has 0 saturated heterocycles. The molecule has 98 valence electrons. The van der Waals surface area contributed by atoms with E-state index in [4.69, 9.17) is 4.74 Å². The molecule has 3 heteroatoms. The van der Waals surface area contributed by atoms with Crippen LogP contribution in [0.3, 0.4) is 0 Å². The number of benzene rings is 1. The van der Waals surface area contributed by atoms with Gasteiger partial charge in [0.15, 0.2) is 0 Å². The maximum Gasteiger partial charge on any atom is 0.244 e. The highest BCUT2D eigenvalue weighted by Gasteiger charge is 2.08. The molecule has 0 spiro atoms. The normalized spacial score (nSPS) is 12.7. The van der Waals surface area contributed by atoms with Crippen molar-refractivity contribution >= 4 is 5.91 Å². The van der Waals surface area contributed by atoms with Crippen LogP contribution >= 0.6 is 0 Å². The molecule has 0 aliphatic rings. The van der Waals surface area contributed by atoms with E-state index >= 15 is 0 Å². The van der Waals surface area contributed by atoms with Gasteiger partial charge in [0.1, 0.15) is 5.75 Å². The Bertz CT molecular complexity index is 424. The molecule has 0 radical (unpaired) electrons. The van der Waals surface area contributed by atoms with Crippen LogP contribution in [-0.2, 0) is 4.79 Å². The van der Waals surface area contributed by atoms with Gasteiger partial charge >= 0.3 is 0 Å². The second-order valence-corrected chi connectivity index (χ2v) is 4.47. The minimum Gasteiger partial charge on any atom is -0.491 e. The van der Waals surface area contributed by atoms with Gasteiger partial charge in [0, 0.05) is 0 Å². The predicted molar refractivity (Wildman–Crippen MR) is 73.6 cm³/mol. The highest BCUT2D eigenvalue weighted by Crippen LogP contribution is 2.20. The molecule has 18 heavy (non-hydrogen) atoms. The summed E-state index contributed by atoms with van der Waals surface area (Å²) in [6.07, 6.45) is 3.39. The summed E-state index contributed by atoms with van der Waals surface area (Å²) in [6, 6.07) is 7.76. The zero-order valence-electron chi connectivity index (χ0n) is 11.4. The monoisotopic (exact) mass is 247 g/mol. The molecular weight excluding hydrogens is 226 g/mol. The first-order chi connectivity index (χ1) is 8.52. The second kappa shape index (κ2) is 6.84. The zero-order chi connectivity index (χ0) is 13.5. The number of hydrogen-bond donors (Lipinski definition) is 1. The highest BCUT2D eigenvalue weighted by molar-refractivity contribution is 5.87. The molecule has 1 N–H and O–H groups in total. The molecule has 0 aliphatic carbocycles. The van der Waals surface area contributed by atoms with Gasteiger partial charge in [-0.3, -0.25) is 4.79 Å². The molecule has 1 aromatic carbocycles. The lowest BCUT2D eigenvalue weighted by molar-refractivity contribution is -0.117. The summed E-state index contributed by atoms with van der Waals surface area (Å²) in [5, 5.41) is 2.90. The van der Waals surface area contributed by atoms with Crippen molar-refractivity contribution in [3.8, 4) is 5.75 Å². The standard InChI is InChI=1S/C15H21NO2/c1-5-7-15(17)16-12(4)13-8-6-9-14(10-13)18-11(2)3/h5-12H,1-4H3,(H,16,17)/b7-5+. The van der Waals surface area contributed by atoms with Gasteiger partial charge in [-0.25, -0.2) is 0 Å². The highest BCUT2D eigenvalue weighted by atomic mass is 16.5. The Morgan fingerprint density at radius 3 is 2.67 bits per heavy atom. The topological polar surface area (TPSA) is 38.3 Å². The summed E-state index contributed by atoms with van der Waals surface area (Å²) in [5.74, 6) is 0.745. The van der Waals surface area contributed by atoms with Gasteiger partial charge in [0.25, 0.3) is 0 Å². The fourth-order valence-electron chi connectivity index (χ4n) is 1.63. The van der Waals surface area contributed by atoms with E-state index in [2.05, 4.69) is 5.32 Å². The largest absolute Gasteiger partial charge is 0.491 e. The molecule has 0 bridgehead atoms. The van der Waals surface area contributed by atoms with Gasteiger partial charge in [-0.05, 0) is 51.5 Å². The summed E-state index contributed by atoms with van der Waals surface area (Å²) in [6.45, 7) is 7.76. The Morgan fingerprint density at radius 1 is 1.33 bits per heavy atom. The minimum atomic E-state index is -0.0832. The summed E-state index contributed by atoms with van der Waals surface area (Å²) < 4.78 is 5.63. The van der Waals surface area contributed by atoms with Crippen LogP contribution in [0.15, 0.2) is 36.4 Å². The quantitative estimate of drug-likeness (QED) is 0.811. The minimum absolute atomic E-state index is 0.0376. The number of hydrogen-bond acceptors (Lipinski definition) is 2. The molecule has 1 unspecified atom stereocenters. The molecule has 0 saturated carbocycles. The molecule has 1 aromatic rings. The van der Waals surface area contributed by atoms with Crippen molar-refractivity contribution in [2.24, 2.45) is 0 Å². The van der Waals surface area contributed by atoms with E-state index in [0.717, 1.165) is 11.3 Å². The Hall–Kier alpha value is -1.77. The van der Waals surface area contributed by atoms with Crippen LogP contribution in [0.4, 0.5) is 0 Å². The number of amides is 1. The van der Waals surface area contributed by atoms with Crippen molar-refractivity contribution in [3.63, 3.8) is 0 Å². The van der Waals surface area contributed by atoms with Gasteiger partial charge in [-0.1, -0.05) is 18.2 Å². The van der Waals surface area contributed by atoms with E-state index in [0.29, 0.717) is 0 Å². The van der Waals surface area contributed by atoms with Crippen LogP contribution in [0.5, 0.6) is 5.75 Å². The third-order valence-corrected chi connectivity index (χ3v) is 2.41. The van der Waals surface area contributed by atoms with Crippen molar-refractivity contribution in [2.75, 3.05) is 0 Å². The lowest BCUT2D eigenvalue weighted by Gasteiger charge is -2.15. The SMILES string of the molecule is C/C=C/C(=O)NC(C)c1cccc(OC(C)C)c1. The predicted octanol–water partition coefficient (Wildman–Crippen LogP) is 3.23. The molecule has 3 nitrogen and oxygen atoms in total. The van der Waals surface area contributed by atoms with Gasteiger partial charge in [-0.15, -0.1) is 0 Å². The average Bonchev–Trinajstić information content (AvgIpc) is 2.28. The van der Waals surface area contributed by atoms with Crippen molar-refractivity contribution in [2.45, 2.75) is 39.8 Å². The van der Waals surface area contributed by atoms with E-state index < -0.39 is 0 Å². The van der Waals surface area contributed by atoms with Crippen molar-refractivity contribution in [1.29, 1.82) is 0 Å². The first kappa shape index (κ1) is 14.3. The molecule has 1 amide bonds. The molecule has 0 aliphatic heterocycles. The summed E-state index contributed by atoms with van der Waals surface area (Å²) in [7, 11) is 0. The van der Waals surface area contributed by atoms with Gasteiger partial charge < -0.3 is 10.1 Å². The summed E-state index contributed by atoms with van der Waals surface area (Å²) in [4.78, 5) is 11.5. The van der Waals surface area contributed by atoms with Crippen LogP contribution in [0.1, 0.15) is 39.3 Å². The third kappa shape index (κ3) is 4.62. The number of nitrogens with one attached hydrogen (secondary N) is 1. The number of rotatable bonds is 5. The molecule has 0 aromatic heterocycles. The average molecular weight is 247 g/mol. The van der Waals surface area contributed by atoms with Crippen LogP contribution in [-0.4, -0.2) is 12.0 Å². The van der Waals surface area contributed by atoms with Crippen LogP contribution in [0.25, 0.3) is 0 Å². The lowest BCUT2D eigenvalue weighted by atomic mass is 10.1. The molecule has 0 fully saturated rings. The van der Waals surface area contributed by atoms with E-state index in [-0.39, 0.29) is 18.1 Å². The third-order valence-electron chi connectivity index (χ3n) is 2.41. The number of allylic oxidation sites excluding steroid dienone is 1. The van der Waals surface area contributed by atoms with Crippen LogP contribution in [0.2, 0.25) is 0 Å². The number of carbonyl (C=O) groups is 1. The zero-order valence-corrected chi connectivity index (χ0v) is 11.4.